The summed E-state index contributed by atoms with van der Waals surface area (Å²) >= 11 is 0. The second-order valence-electron chi connectivity index (χ2n) is 8.99. The van der Waals surface area contributed by atoms with E-state index >= 15 is 0 Å². The van der Waals surface area contributed by atoms with Crippen LogP contribution in [0.15, 0.2) is 18.2 Å². The maximum atomic E-state index is 12.2. The summed E-state index contributed by atoms with van der Waals surface area (Å²) in [6.45, 7) is 14.7. The van der Waals surface area contributed by atoms with E-state index in [1.54, 1.807) is 0 Å². The molecule has 0 aliphatic carbocycles. The maximum absolute atomic E-state index is 12.2. The summed E-state index contributed by atoms with van der Waals surface area (Å²) in [4.78, 5) is 26.7. The molecule has 0 saturated carbocycles. The van der Waals surface area contributed by atoms with Gasteiger partial charge < -0.3 is 9.47 Å². The summed E-state index contributed by atoms with van der Waals surface area (Å²) < 4.78 is 11.4. The van der Waals surface area contributed by atoms with Crippen molar-refractivity contribution in [3.63, 3.8) is 0 Å². The summed E-state index contributed by atoms with van der Waals surface area (Å²) in [5.41, 5.74) is 1.30. The molecule has 1 aliphatic heterocycles. The molecule has 0 spiro atoms. The van der Waals surface area contributed by atoms with Crippen LogP contribution in [0.4, 0.5) is 0 Å². The Morgan fingerprint density at radius 3 is 2.36 bits per heavy atom. The summed E-state index contributed by atoms with van der Waals surface area (Å²) in [6, 6.07) is 5.67. The van der Waals surface area contributed by atoms with E-state index < -0.39 is 5.60 Å². The molecule has 0 atom stereocenters. The lowest BCUT2D eigenvalue weighted by molar-refractivity contribution is -0.161. The van der Waals surface area contributed by atoms with Crippen LogP contribution < -0.4 is 4.74 Å². The lowest BCUT2D eigenvalue weighted by atomic mass is 9.96. The first kappa shape index (κ1) is 22.4. The van der Waals surface area contributed by atoms with Crippen molar-refractivity contribution in [2.75, 3.05) is 26.2 Å². The Hall–Kier alpha value is -1.88. The molecule has 1 saturated heterocycles. The van der Waals surface area contributed by atoms with Crippen LogP contribution in [0.1, 0.15) is 63.4 Å². The number of carbonyl (C=O) groups excluding carboxylic acids is 2. The van der Waals surface area contributed by atoms with Crippen LogP contribution in [0.3, 0.4) is 0 Å². The first-order valence-corrected chi connectivity index (χ1v) is 10.3. The van der Waals surface area contributed by atoms with E-state index in [1.165, 1.54) is 0 Å². The number of hydrogen-bond donors (Lipinski definition) is 0. The van der Waals surface area contributed by atoms with Crippen molar-refractivity contribution in [3.8, 4) is 5.75 Å². The smallest absolute Gasteiger partial charge is 0.309 e. The average molecular weight is 390 g/mol. The number of benzene rings is 1. The lowest BCUT2D eigenvalue weighted by Crippen LogP contribution is -2.40. The molecular formula is C23H35NO4. The first-order valence-electron chi connectivity index (χ1n) is 10.3. The zero-order valence-electron chi connectivity index (χ0n) is 18.2. The Bertz CT molecular complexity index is 682. The van der Waals surface area contributed by atoms with Gasteiger partial charge in [-0.05, 0) is 77.4 Å². The number of esters is 1. The number of rotatable bonds is 7. The zero-order chi connectivity index (χ0) is 20.9. The number of likely N-dealkylation sites (tertiary alicyclic amines) is 1. The first-order chi connectivity index (χ1) is 13.1. The number of aryl methyl sites for hydroxylation is 1. The molecule has 0 radical (unpaired) electrons. The lowest BCUT2D eigenvalue weighted by Gasteiger charge is -2.32. The molecule has 0 amide bonds. The van der Waals surface area contributed by atoms with E-state index in [-0.39, 0.29) is 23.6 Å². The Morgan fingerprint density at radius 2 is 1.82 bits per heavy atom. The summed E-state index contributed by atoms with van der Waals surface area (Å²) in [6.07, 6.45) is 1.67. The third-order valence-corrected chi connectivity index (χ3v) is 4.99. The van der Waals surface area contributed by atoms with Crippen LogP contribution in [0.5, 0.6) is 5.75 Å². The van der Waals surface area contributed by atoms with E-state index in [2.05, 4.69) is 4.90 Å². The second kappa shape index (κ2) is 9.55. The Morgan fingerprint density at radius 1 is 1.18 bits per heavy atom. The second-order valence-corrected chi connectivity index (χ2v) is 8.99. The Balaban J connectivity index is 1.75. The van der Waals surface area contributed by atoms with Crippen LogP contribution in [0.2, 0.25) is 0 Å². The molecule has 1 heterocycles. The van der Waals surface area contributed by atoms with Gasteiger partial charge in [-0.1, -0.05) is 13.8 Å². The molecule has 0 bridgehead atoms. The van der Waals surface area contributed by atoms with Gasteiger partial charge in [0.25, 0.3) is 0 Å². The highest BCUT2D eigenvalue weighted by molar-refractivity contribution is 5.98. The van der Waals surface area contributed by atoms with Gasteiger partial charge >= 0.3 is 5.97 Å². The molecule has 1 fully saturated rings. The SMILES string of the molecule is Cc1cc(OCCN2CCC(C(=O)OC(C)(C)C)CC2)ccc1C(=O)C(C)C. The van der Waals surface area contributed by atoms with Gasteiger partial charge in [-0.15, -0.1) is 0 Å². The predicted molar refractivity (Wildman–Crippen MR) is 111 cm³/mol. The quantitative estimate of drug-likeness (QED) is 0.515. The molecule has 0 N–H and O–H groups in total. The molecule has 28 heavy (non-hydrogen) atoms. The number of ether oxygens (including phenoxy) is 2. The van der Waals surface area contributed by atoms with Crippen LogP contribution in [0, 0.1) is 18.8 Å². The van der Waals surface area contributed by atoms with Gasteiger partial charge in [-0.3, -0.25) is 14.5 Å². The van der Waals surface area contributed by atoms with Gasteiger partial charge in [-0.25, -0.2) is 0 Å². The fourth-order valence-electron chi connectivity index (χ4n) is 3.38. The van der Waals surface area contributed by atoms with Crippen molar-refractivity contribution in [3.05, 3.63) is 29.3 Å². The van der Waals surface area contributed by atoms with Crippen molar-refractivity contribution >= 4 is 11.8 Å². The van der Waals surface area contributed by atoms with Crippen LogP contribution >= 0.6 is 0 Å². The average Bonchev–Trinajstić information content (AvgIpc) is 2.60. The van der Waals surface area contributed by atoms with Gasteiger partial charge in [0.2, 0.25) is 0 Å². The highest BCUT2D eigenvalue weighted by Gasteiger charge is 2.28. The molecule has 1 aromatic carbocycles. The number of ketones is 1. The van der Waals surface area contributed by atoms with Crippen molar-refractivity contribution in [2.24, 2.45) is 11.8 Å². The summed E-state index contributed by atoms with van der Waals surface area (Å²) in [5, 5.41) is 0. The molecule has 0 unspecified atom stereocenters. The molecule has 5 heteroatoms. The molecule has 0 aromatic heterocycles. The van der Waals surface area contributed by atoms with Crippen molar-refractivity contribution in [1.29, 1.82) is 0 Å². The van der Waals surface area contributed by atoms with Gasteiger partial charge in [0.05, 0.1) is 5.92 Å². The fraction of sp³-hybridized carbons (Fsp3) is 0.652. The van der Waals surface area contributed by atoms with Crippen molar-refractivity contribution in [1.82, 2.24) is 4.90 Å². The molecule has 1 aliphatic rings. The molecular weight excluding hydrogens is 354 g/mol. The topological polar surface area (TPSA) is 55.8 Å². The number of Topliss-reactive ketones (excluding diaryl/α,β-unsaturated/α-hetero) is 1. The summed E-state index contributed by atoms with van der Waals surface area (Å²) in [5.74, 6) is 0.882. The van der Waals surface area contributed by atoms with Gasteiger partial charge in [-0.2, -0.15) is 0 Å². The minimum Gasteiger partial charge on any atom is -0.492 e. The van der Waals surface area contributed by atoms with Gasteiger partial charge in [0.15, 0.2) is 5.78 Å². The van der Waals surface area contributed by atoms with E-state index in [9.17, 15) is 9.59 Å². The Kier molecular flexibility index (Phi) is 7.64. The number of hydrogen-bond acceptors (Lipinski definition) is 5. The highest BCUT2D eigenvalue weighted by atomic mass is 16.6. The summed E-state index contributed by atoms with van der Waals surface area (Å²) in [7, 11) is 0. The Labute approximate surface area is 169 Å². The van der Waals surface area contributed by atoms with Crippen LogP contribution in [0.25, 0.3) is 0 Å². The minimum absolute atomic E-state index is 0.00471. The van der Waals surface area contributed by atoms with E-state index in [1.807, 2.05) is 59.7 Å². The number of carbonyl (C=O) groups is 2. The highest BCUT2D eigenvalue weighted by Crippen LogP contribution is 2.22. The molecule has 5 nitrogen and oxygen atoms in total. The van der Waals surface area contributed by atoms with Gasteiger partial charge in [0.1, 0.15) is 18.0 Å². The minimum atomic E-state index is -0.421. The monoisotopic (exact) mass is 389 g/mol. The van der Waals surface area contributed by atoms with E-state index in [0.717, 1.165) is 49.4 Å². The van der Waals surface area contributed by atoms with Crippen molar-refractivity contribution < 1.29 is 19.1 Å². The zero-order valence-corrected chi connectivity index (χ0v) is 18.2. The third kappa shape index (κ3) is 6.62. The molecule has 1 aromatic rings. The van der Waals surface area contributed by atoms with Gasteiger partial charge in [0, 0.05) is 18.0 Å². The number of nitrogens with zero attached hydrogens (tertiary/aromatic N) is 1. The largest absolute Gasteiger partial charge is 0.492 e. The van der Waals surface area contributed by atoms with E-state index in [4.69, 9.17) is 9.47 Å². The normalized spacial score (nSPS) is 16.2. The third-order valence-electron chi connectivity index (χ3n) is 4.99. The molecule has 156 valence electrons. The van der Waals surface area contributed by atoms with Crippen LogP contribution in [-0.2, 0) is 9.53 Å². The molecule has 2 rings (SSSR count). The predicted octanol–water partition coefficient (Wildman–Crippen LogP) is 4.27. The fourth-order valence-corrected chi connectivity index (χ4v) is 3.38. The van der Waals surface area contributed by atoms with E-state index in [0.29, 0.717) is 6.61 Å². The maximum Gasteiger partial charge on any atom is 0.309 e. The van der Waals surface area contributed by atoms with Crippen LogP contribution in [-0.4, -0.2) is 48.5 Å². The standard InChI is InChI=1S/C23H35NO4/c1-16(2)21(25)20-8-7-19(15-17(20)3)27-14-13-24-11-9-18(10-12-24)22(26)28-23(4,5)6/h7-8,15-16,18H,9-14H2,1-6H3. The van der Waals surface area contributed by atoms with Crippen molar-refractivity contribution in [2.45, 2.75) is 60.0 Å². The number of piperidine rings is 1.